The van der Waals surface area contributed by atoms with Crippen LogP contribution in [0.15, 0.2) is 188 Å². The first-order valence-corrected chi connectivity index (χ1v) is 16.9. The fourth-order valence-electron chi connectivity index (χ4n) is 7.86. The summed E-state index contributed by atoms with van der Waals surface area (Å²) in [5.74, 6) is 0. The molecule has 0 fully saturated rings. The van der Waals surface area contributed by atoms with Crippen molar-refractivity contribution in [3.63, 3.8) is 0 Å². The first-order valence-electron chi connectivity index (χ1n) is 16.9. The summed E-state index contributed by atoms with van der Waals surface area (Å²) in [6, 6.07) is 68.9. The molecule has 0 atom stereocenters. The molecule has 0 N–H and O–H groups in total. The van der Waals surface area contributed by atoms with Crippen LogP contribution in [0.25, 0.3) is 75.8 Å². The number of hydrogen-bond donors (Lipinski definition) is 0. The van der Waals surface area contributed by atoms with Crippen LogP contribution in [0.2, 0.25) is 0 Å². The molecule has 0 amide bonds. The van der Waals surface area contributed by atoms with Crippen molar-refractivity contribution in [1.82, 2.24) is 0 Å². The molecular weight excluding hydrogens is 591 g/mol. The van der Waals surface area contributed by atoms with E-state index in [1.165, 1.54) is 81.4 Å². The quantitative estimate of drug-likeness (QED) is 0.140. The second-order valence-electron chi connectivity index (χ2n) is 12.9. The van der Waals surface area contributed by atoms with Crippen molar-refractivity contribution in [3.05, 3.63) is 188 Å². The van der Waals surface area contributed by atoms with E-state index in [2.05, 4.69) is 193 Å². The fourth-order valence-corrected chi connectivity index (χ4v) is 7.86. The van der Waals surface area contributed by atoms with Crippen LogP contribution in [-0.4, -0.2) is 0 Å². The maximum absolute atomic E-state index is 2.44. The van der Waals surface area contributed by atoms with Crippen LogP contribution in [0.1, 0.15) is 0 Å². The van der Waals surface area contributed by atoms with Crippen LogP contribution in [0, 0.1) is 0 Å². The third kappa shape index (κ3) is 4.47. The summed E-state index contributed by atoms with van der Waals surface area (Å²) >= 11 is 0. The number of para-hydroxylation sites is 1. The smallest absolute Gasteiger partial charge is 0.0618 e. The largest absolute Gasteiger partial charge is 0.309 e. The second-order valence-corrected chi connectivity index (χ2v) is 12.9. The van der Waals surface area contributed by atoms with E-state index in [1.807, 2.05) is 0 Å². The molecule has 0 heterocycles. The predicted octanol–water partition coefficient (Wildman–Crippen LogP) is 13.7. The lowest BCUT2D eigenvalue weighted by Crippen LogP contribution is -2.11. The molecule has 49 heavy (non-hydrogen) atoms. The Balaban J connectivity index is 1.28. The summed E-state index contributed by atoms with van der Waals surface area (Å²) in [6.45, 7) is 0. The van der Waals surface area contributed by atoms with Crippen LogP contribution in [0.5, 0.6) is 0 Å². The van der Waals surface area contributed by atoms with Gasteiger partial charge in [-0.05, 0) is 107 Å². The SMILES string of the molecule is c1ccc(N(c2ccc3ccccc3c2)c2c3ccccc3c(-c3ccc4ccc5cc6ccccc6cc5c4c3)c3ccccc23)cc1. The molecule has 0 aliphatic carbocycles. The van der Waals surface area contributed by atoms with Gasteiger partial charge in [0.2, 0.25) is 0 Å². The number of hydrogen-bond acceptors (Lipinski definition) is 1. The molecule has 228 valence electrons. The van der Waals surface area contributed by atoms with Gasteiger partial charge in [0.15, 0.2) is 0 Å². The van der Waals surface area contributed by atoms with Crippen molar-refractivity contribution >= 4 is 81.7 Å². The number of fused-ring (bicyclic) bond motifs is 7. The molecule has 0 aliphatic rings. The summed E-state index contributed by atoms with van der Waals surface area (Å²) in [4.78, 5) is 2.44. The summed E-state index contributed by atoms with van der Waals surface area (Å²) in [5, 5.41) is 15.0. The van der Waals surface area contributed by atoms with Crippen LogP contribution in [0.4, 0.5) is 17.1 Å². The molecule has 0 unspecified atom stereocenters. The van der Waals surface area contributed by atoms with Crippen molar-refractivity contribution in [2.24, 2.45) is 0 Å². The van der Waals surface area contributed by atoms with E-state index in [0.717, 1.165) is 11.4 Å². The van der Waals surface area contributed by atoms with Crippen LogP contribution >= 0.6 is 0 Å². The zero-order chi connectivity index (χ0) is 32.3. The molecule has 0 bridgehead atoms. The monoisotopic (exact) mass is 621 g/mol. The minimum atomic E-state index is 1.13. The lowest BCUT2D eigenvalue weighted by Gasteiger charge is -2.29. The Kier molecular flexibility index (Phi) is 6.25. The number of rotatable bonds is 4. The standard InChI is InChI=1S/C48H31N/c1-2-16-39(17-3-1)49(40-27-26-32-12-4-5-14-35(32)29-40)48-43-20-10-8-18-41(43)47(42-19-9-11-21-44(42)48)38-25-23-33-22-24-37-28-34-13-6-7-15-36(34)30-46(37)45(33)31-38/h1-31H. The average molecular weight is 622 g/mol. The predicted molar refractivity (Wildman–Crippen MR) is 212 cm³/mol. The molecular formula is C48H31N. The minimum Gasteiger partial charge on any atom is -0.309 e. The molecule has 0 radical (unpaired) electrons. The molecule has 10 aromatic carbocycles. The van der Waals surface area contributed by atoms with Crippen molar-refractivity contribution in [2.75, 3.05) is 4.90 Å². The maximum Gasteiger partial charge on any atom is 0.0618 e. The normalized spacial score (nSPS) is 11.7. The minimum absolute atomic E-state index is 1.13. The van der Waals surface area contributed by atoms with E-state index in [1.54, 1.807) is 0 Å². The highest BCUT2D eigenvalue weighted by Crippen LogP contribution is 2.48. The van der Waals surface area contributed by atoms with Crippen LogP contribution in [0.3, 0.4) is 0 Å². The van der Waals surface area contributed by atoms with Crippen molar-refractivity contribution in [2.45, 2.75) is 0 Å². The van der Waals surface area contributed by atoms with E-state index in [-0.39, 0.29) is 0 Å². The van der Waals surface area contributed by atoms with Gasteiger partial charge in [0.05, 0.1) is 5.69 Å². The van der Waals surface area contributed by atoms with Gasteiger partial charge in [-0.1, -0.05) is 146 Å². The van der Waals surface area contributed by atoms with Crippen LogP contribution in [-0.2, 0) is 0 Å². The molecule has 1 nitrogen and oxygen atoms in total. The highest BCUT2D eigenvalue weighted by molar-refractivity contribution is 6.23. The van der Waals surface area contributed by atoms with Gasteiger partial charge in [-0.2, -0.15) is 0 Å². The fraction of sp³-hybridized carbons (Fsp3) is 0. The molecule has 0 aliphatic heterocycles. The highest BCUT2D eigenvalue weighted by atomic mass is 15.1. The van der Waals surface area contributed by atoms with E-state index in [4.69, 9.17) is 0 Å². The van der Waals surface area contributed by atoms with E-state index in [0.29, 0.717) is 0 Å². The second kappa shape index (κ2) is 11.1. The third-order valence-electron chi connectivity index (χ3n) is 10.1. The van der Waals surface area contributed by atoms with Gasteiger partial charge in [0.1, 0.15) is 0 Å². The van der Waals surface area contributed by atoms with E-state index >= 15 is 0 Å². The first-order chi connectivity index (χ1) is 24.3. The Labute approximate surface area is 284 Å². The Hall–Kier alpha value is -6.44. The Morgan fingerprint density at radius 3 is 1.49 bits per heavy atom. The summed E-state index contributed by atoms with van der Waals surface area (Å²) in [5.41, 5.74) is 5.95. The lowest BCUT2D eigenvalue weighted by molar-refractivity contribution is 1.32. The van der Waals surface area contributed by atoms with E-state index < -0.39 is 0 Å². The number of anilines is 3. The van der Waals surface area contributed by atoms with Crippen molar-refractivity contribution in [3.8, 4) is 11.1 Å². The van der Waals surface area contributed by atoms with Crippen LogP contribution < -0.4 is 4.90 Å². The Morgan fingerprint density at radius 2 is 0.776 bits per heavy atom. The Bertz CT molecular complexity index is 2830. The third-order valence-corrected chi connectivity index (χ3v) is 10.1. The number of nitrogens with zero attached hydrogens (tertiary/aromatic N) is 1. The van der Waals surface area contributed by atoms with Gasteiger partial charge in [-0.3, -0.25) is 0 Å². The molecule has 10 rings (SSSR count). The summed E-state index contributed by atoms with van der Waals surface area (Å²) < 4.78 is 0. The molecule has 0 aromatic heterocycles. The molecule has 10 aromatic rings. The lowest BCUT2D eigenvalue weighted by atomic mass is 9.88. The van der Waals surface area contributed by atoms with Gasteiger partial charge < -0.3 is 4.90 Å². The van der Waals surface area contributed by atoms with Crippen molar-refractivity contribution < 1.29 is 0 Å². The topological polar surface area (TPSA) is 3.24 Å². The Morgan fingerprint density at radius 1 is 0.265 bits per heavy atom. The van der Waals surface area contributed by atoms with Gasteiger partial charge in [-0.15, -0.1) is 0 Å². The average Bonchev–Trinajstić information content (AvgIpc) is 3.17. The molecule has 0 saturated carbocycles. The van der Waals surface area contributed by atoms with Gasteiger partial charge in [0.25, 0.3) is 0 Å². The van der Waals surface area contributed by atoms with Gasteiger partial charge in [-0.25, -0.2) is 0 Å². The number of benzene rings is 10. The summed E-state index contributed by atoms with van der Waals surface area (Å²) in [7, 11) is 0. The van der Waals surface area contributed by atoms with Gasteiger partial charge >= 0.3 is 0 Å². The highest BCUT2D eigenvalue weighted by Gasteiger charge is 2.22. The zero-order valence-corrected chi connectivity index (χ0v) is 26.8. The van der Waals surface area contributed by atoms with E-state index in [9.17, 15) is 0 Å². The zero-order valence-electron chi connectivity index (χ0n) is 26.8. The molecule has 0 spiro atoms. The summed E-state index contributed by atoms with van der Waals surface area (Å²) in [6.07, 6.45) is 0. The molecule has 0 saturated heterocycles. The first kappa shape index (κ1) is 27.7. The molecule has 1 heteroatoms. The van der Waals surface area contributed by atoms with Gasteiger partial charge in [0, 0.05) is 22.1 Å². The maximum atomic E-state index is 2.44. The van der Waals surface area contributed by atoms with Crippen molar-refractivity contribution in [1.29, 1.82) is 0 Å².